The first-order valence-electron chi connectivity index (χ1n) is 9.09. The van der Waals surface area contributed by atoms with E-state index in [1.54, 1.807) is 0 Å². The van der Waals surface area contributed by atoms with Crippen LogP contribution in [0.4, 0.5) is 0 Å². The lowest BCUT2D eigenvalue weighted by atomic mass is 9.43. The molecule has 3 aliphatic rings. The van der Waals surface area contributed by atoms with Crippen molar-refractivity contribution < 1.29 is 9.15 Å². The van der Waals surface area contributed by atoms with Crippen molar-refractivity contribution in [2.24, 2.45) is 23.2 Å². The molecule has 122 valence electrons. The molecule has 1 aromatic rings. The number of aryl methyl sites for hydroxylation is 1. The molecule has 0 N–H and O–H groups in total. The van der Waals surface area contributed by atoms with Crippen LogP contribution in [0.15, 0.2) is 16.9 Å². The molecule has 1 unspecified atom stereocenters. The largest absolute Gasteiger partial charge is 0.472 e. The molecule has 2 nitrogen and oxygen atoms in total. The van der Waals surface area contributed by atoms with Crippen molar-refractivity contribution in [3.05, 3.63) is 23.7 Å². The van der Waals surface area contributed by atoms with E-state index in [2.05, 4.69) is 27.0 Å². The van der Waals surface area contributed by atoms with E-state index in [1.807, 2.05) is 13.4 Å². The molecule has 4 rings (SSSR count). The van der Waals surface area contributed by atoms with Gasteiger partial charge in [-0.3, -0.25) is 0 Å². The smallest absolute Gasteiger partial charge is 0.0943 e. The second-order valence-corrected chi connectivity index (χ2v) is 8.64. The zero-order chi connectivity index (χ0) is 15.5. The van der Waals surface area contributed by atoms with Crippen molar-refractivity contribution in [3.8, 4) is 0 Å². The van der Waals surface area contributed by atoms with Crippen molar-refractivity contribution in [1.82, 2.24) is 0 Å². The van der Waals surface area contributed by atoms with Gasteiger partial charge in [0, 0.05) is 7.11 Å². The molecule has 0 aromatic carbocycles. The molecule has 0 saturated heterocycles. The molecule has 1 heterocycles. The Morgan fingerprint density at radius 3 is 2.73 bits per heavy atom. The highest BCUT2D eigenvalue weighted by molar-refractivity contribution is 5.35. The third kappa shape index (κ3) is 1.76. The van der Waals surface area contributed by atoms with Crippen LogP contribution < -0.4 is 0 Å². The Balaban J connectivity index is 1.73. The number of hydrogen-bond donors (Lipinski definition) is 0. The van der Waals surface area contributed by atoms with E-state index < -0.39 is 0 Å². The number of fused-ring (bicyclic) bond motifs is 5. The van der Waals surface area contributed by atoms with Gasteiger partial charge < -0.3 is 9.15 Å². The molecule has 0 spiro atoms. The summed E-state index contributed by atoms with van der Waals surface area (Å²) in [5.74, 6) is 2.31. The van der Waals surface area contributed by atoms with Gasteiger partial charge in [0.2, 0.25) is 0 Å². The van der Waals surface area contributed by atoms with Crippen LogP contribution in [0.3, 0.4) is 0 Å². The van der Waals surface area contributed by atoms with E-state index >= 15 is 0 Å². The van der Waals surface area contributed by atoms with E-state index in [1.165, 1.54) is 49.7 Å². The number of ether oxygens (including phenoxy) is 1. The SMILES string of the molecule is CO[C@H]1CC[C@]2(C)C3CCc4cocc4[C@]3(C)CC[C@H]2[C@@H]1C. The second-order valence-electron chi connectivity index (χ2n) is 8.64. The van der Waals surface area contributed by atoms with E-state index in [-0.39, 0.29) is 0 Å². The highest BCUT2D eigenvalue weighted by atomic mass is 16.5. The minimum atomic E-state index is 0.325. The van der Waals surface area contributed by atoms with Gasteiger partial charge in [-0.25, -0.2) is 0 Å². The molecular formula is C20H30O2. The normalized spacial score (nSPS) is 47.5. The van der Waals surface area contributed by atoms with Crippen molar-refractivity contribution >= 4 is 0 Å². The molecule has 6 atom stereocenters. The van der Waals surface area contributed by atoms with E-state index in [0.717, 1.165) is 11.8 Å². The molecule has 1 aromatic heterocycles. The van der Waals surface area contributed by atoms with Crippen molar-refractivity contribution in [2.45, 2.75) is 70.8 Å². The molecular weight excluding hydrogens is 272 g/mol. The third-order valence-corrected chi connectivity index (χ3v) is 7.94. The first kappa shape index (κ1) is 14.8. The molecule has 0 radical (unpaired) electrons. The van der Waals surface area contributed by atoms with E-state index in [4.69, 9.17) is 9.15 Å². The Hall–Kier alpha value is -0.760. The van der Waals surface area contributed by atoms with Crippen LogP contribution in [0.25, 0.3) is 0 Å². The molecule has 0 aliphatic heterocycles. The van der Waals surface area contributed by atoms with Gasteiger partial charge in [0.1, 0.15) is 0 Å². The highest BCUT2D eigenvalue weighted by Crippen LogP contribution is 2.64. The molecule has 0 bridgehead atoms. The lowest BCUT2D eigenvalue weighted by Crippen LogP contribution is -2.57. The Morgan fingerprint density at radius 1 is 1.14 bits per heavy atom. The number of methoxy groups -OCH3 is 1. The summed E-state index contributed by atoms with van der Waals surface area (Å²) in [5.41, 5.74) is 3.78. The summed E-state index contributed by atoms with van der Waals surface area (Å²) in [4.78, 5) is 0. The Bertz CT molecular complexity index is 562. The Morgan fingerprint density at radius 2 is 1.95 bits per heavy atom. The summed E-state index contributed by atoms with van der Waals surface area (Å²) >= 11 is 0. The van der Waals surface area contributed by atoms with Crippen LogP contribution in [-0.2, 0) is 16.6 Å². The average Bonchev–Trinajstić information content (AvgIpc) is 2.97. The molecule has 2 heteroatoms. The Kier molecular flexibility index (Phi) is 3.28. The van der Waals surface area contributed by atoms with Gasteiger partial charge in [0.05, 0.1) is 18.6 Å². The zero-order valence-electron chi connectivity index (χ0n) is 14.5. The first-order chi connectivity index (χ1) is 10.5. The van der Waals surface area contributed by atoms with Gasteiger partial charge in [0.25, 0.3) is 0 Å². The van der Waals surface area contributed by atoms with Crippen molar-refractivity contribution in [1.29, 1.82) is 0 Å². The van der Waals surface area contributed by atoms with Gasteiger partial charge in [0.15, 0.2) is 0 Å². The molecule has 3 aliphatic carbocycles. The van der Waals surface area contributed by atoms with Crippen LogP contribution >= 0.6 is 0 Å². The van der Waals surface area contributed by atoms with Crippen LogP contribution in [-0.4, -0.2) is 13.2 Å². The molecule has 2 fully saturated rings. The fourth-order valence-corrected chi connectivity index (χ4v) is 6.77. The number of hydrogen-bond acceptors (Lipinski definition) is 2. The summed E-state index contributed by atoms with van der Waals surface area (Å²) in [6, 6.07) is 0. The second kappa shape index (κ2) is 4.87. The summed E-state index contributed by atoms with van der Waals surface area (Å²) in [6.45, 7) is 7.54. The van der Waals surface area contributed by atoms with Crippen LogP contribution in [0.5, 0.6) is 0 Å². The van der Waals surface area contributed by atoms with Crippen LogP contribution in [0, 0.1) is 23.2 Å². The summed E-state index contributed by atoms with van der Waals surface area (Å²) < 4.78 is 11.4. The lowest BCUT2D eigenvalue weighted by Gasteiger charge is -2.62. The van der Waals surface area contributed by atoms with Gasteiger partial charge in [-0.1, -0.05) is 20.8 Å². The molecule has 0 amide bonds. The summed E-state index contributed by atoms with van der Waals surface area (Å²) in [6.07, 6.45) is 12.3. The quantitative estimate of drug-likeness (QED) is 0.731. The average molecular weight is 302 g/mol. The predicted octanol–water partition coefficient (Wildman–Crippen LogP) is 4.96. The third-order valence-electron chi connectivity index (χ3n) is 7.94. The molecule has 2 saturated carbocycles. The Labute approximate surface area is 134 Å². The van der Waals surface area contributed by atoms with Gasteiger partial charge in [-0.15, -0.1) is 0 Å². The maximum Gasteiger partial charge on any atom is 0.0943 e. The molecule has 22 heavy (non-hydrogen) atoms. The number of furan rings is 1. The maximum absolute atomic E-state index is 5.79. The fourth-order valence-electron chi connectivity index (χ4n) is 6.77. The number of rotatable bonds is 1. The lowest BCUT2D eigenvalue weighted by molar-refractivity contribution is -0.125. The minimum Gasteiger partial charge on any atom is -0.472 e. The first-order valence-corrected chi connectivity index (χ1v) is 9.09. The van der Waals surface area contributed by atoms with Crippen molar-refractivity contribution in [2.75, 3.05) is 7.11 Å². The van der Waals surface area contributed by atoms with Gasteiger partial charge in [-0.05, 0) is 78.2 Å². The zero-order valence-corrected chi connectivity index (χ0v) is 14.5. The fraction of sp³-hybridized carbons (Fsp3) is 0.800. The standard InChI is InChI=1S/C20H30O2/c1-13-15-7-9-20(3)16-12-22-11-14(16)5-6-18(20)19(15,2)10-8-17(13)21-4/h11-13,15,17-18H,5-10H2,1-4H3/t13-,15-,17-,18?,19-,20-/m0/s1. The summed E-state index contributed by atoms with van der Waals surface area (Å²) in [5, 5.41) is 0. The predicted molar refractivity (Wildman–Crippen MR) is 87.9 cm³/mol. The van der Waals surface area contributed by atoms with Crippen LogP contribution in [0.2, 0.25) is 0 Å². The summed E-state index contributed by atoms with van der Waals surface area (Å²) in [7, 11) is 1.90. The van der Waals surface area contributed by atoms with Crippen molar-refractivity contribution in [3.63, 3.8) is 0 Å². The van der Waals surface area contributed by atoms with E-state index in [0.29, 0.717) is 22.9 Å². The van der Waals surface area contributed by atoms with E-state index in [9.17, 15) is 0 Å². The van der Waals surface area contributed by atoms with Gasteiger partial charge in [-0.2, -0.15) is 0 Å². The monoisotopic (exact) mass is 302 g/mol. The highest BCUT2D eigenvalue weighted by Gasteiger charge is 2.59. The van der Waals surface area contributed by atoms with Crippen LogP contribution in [0.1, 0.15) is 64.0 Å². The topological polar surface area (TPSA) is 22.4 Å². The minimum absolute atomic E-state index is 0.325. The van der Waals surface area contributed by atoms with Gasteiger partial charge >= 0.3 is 0 Å². The maximum atomic E-state index is 5.79.